The minimum Gasteiger partial charge on any atom is -0.393 e. The molecule has 1 atom stereocenters. The maximum absolute atomic E-state index is 9.05. The number of aliphatic hydroxyl groups is 1. The van der Waals surface area contributed by atoms with Crippen molar-refractivity contribution in [2.45, 2.75) is 32.3 Å². The van der Waals surface area contributed by atoms with Crippen molar-refractivity contribution >= 4 is 0 Å². The third-order valence-corrected chi connectivity index (χ3v) is 2.42. The summed E-state index contributed by atoms with van der Waals surface area (Å²) in [4.78, 5) is 4.24. The fraction of sp³-hybridized carbons (Fsp3) is 0.727. The molecule has 0 aliphatic rings. The Balaban J connectivity index is 2.00. The van der Waals surface area contributed by atoms with Crippen LogP contribution in [0.1, 0.15) is 25.6 Å². The van der Waals surface area contributed by atoms with Crippen LogP contribution in [0.4, 0.5) is 0 Å². The predicted molar refractivity (Wildman–Crippen MR) is 60.7 cm³/mol. The molecule has 0 aliphatic carbocycles. The van der Waals surface area contributed by atoms with Gasteiger partial charge in [0, 0.05) is 32.4 Å². The van der Waals surface area contributed by atoms with Crippen molar-refractivity contribution in [3.8, 4) is 0 Å². The van der Waals surface area contributed by atoms with Crippen molar-refractivity contribution in [1.82, 2.24) is 14.9 Å². The lowest BCUT2D eigenvalue weighted by atomic mass is 10.2. The minimum atomic E-state index is -0.179. The molecule has 86 valence electrons. The zero-order valence-electron chi connectivity index (χ0n) is 9.61. The summed E-state index contributed by atoms with van der Waals surface area (Å²) < 4.78 is 2.04. The number of aliphatic hydroxyl groups excluding tert-OH is 1. The van der Waals surface area contributed by atoms with Gasteiger partial charge in [-0.3, -0.25) is 0 Å². The van der Waals surface area contributed by atoms with E-state index in [-0.39, 0.29) is 6.10 Å². The smallest absolute Gasteiger partial charge is 0.109 e. The molecule has 0 spiro atoms. The SMILES string of the molecule is CC(O)CCCNCCc1nccn1C. The number of aryl methyl sites for hydroxylation is 1. The zero-order valence-corrected chi connectivity index (χ0v) is 9.61. The summed E-state index contributed by atoms with van der Waals surface area (Å²) in [7, 11) is 2.01. The van der Waals surface area contributed by atoms with E-state index < -0.39 is 0 Å². The molecule has 1 aromatic heterocycles. The third-order valence-electron chi connectivity index (χ3n) is 2.42. The quantitative estimate of drug-likeness (QED) is 0.653. The number of nitrogens with zero attached hydrogens (tertiary/aromatic N) is 2. The third kappa shape index (κ3) is 4.95. The van der Waals surface area contributed by atoms with Gasteiger partial charge >= 0.3 is 0 Å². The molecule has 1 aromatic rings. The van der Waals surface area contributed by atoms with E-state index in [0.29, 0.717) is 0 Å². The van der Waals surface area contributed by atoms with Gasteiger partial charge in [0.15, 0.2) is 0 Å². The lowest BCUT2D eigenvalue weighted by molar-refractivity contribution is 0.181. The van der Waals surface area contributed by atoms with Crippen LogP contribution in [-0.4, -0.2) is 33.9 Å². The molecule has 2 N–H and O–H groups in total. The molecule has 0 aromatic carbocycles. The van der Waals surface area contributed by atoms with Crippen LogP contribution in [-0.2, 0) is 13.5 Å². The minimum absolute atomic E-state index is 0.179. The fourth-order valence-corrected chi connectivity index (χ4v) is 1.49. The van der Waals surface area contributed by atoms with Crippen LogP contribution in [0, 0.1) is 0 Å². The first-order chi connectivity index (χ1) is 7.20. The van der Waals surface area contributed by atoms with Gasteiger partial charge in [0.2, 0.25) is 0 Å². The van der Waals surface area contributed by atoms with Gasteiger partial charge in [0.1, 0.15) is 5.82 Å². The molecule has 0 saturated carbocycles. The average molecular weight is 211 g/mol. The Kier molecular flexibility index (Phi) is 5.36. The van der Waals surface area contributed by atoms with Gasteiger partial charge in [-0.1, -0.05) is 0 Å². The van der Waals surface area contributed by atoms with Crippen molar-refractivity contribution < 1.29 is 5.11 Å². The Morgan fingerprint density at radius 3 is 2.93 bits per heavy atom. The second-order valence-electron chi connectivity index (χ2n) is 3.95. The van der Waals surface area contributed by atoms with E-state index in [0.717, 1.165) is 38.2 Å². The Morgan fingerprint density at radius 2 is 2.33 bits per heavy atom. The normalized spacial score (nSPS) is 13.0. The fourth-order valence-electron chi connectivity index (χ4n) is 1.49. The molecule has 1 unspecified atom stereocenters. The molecule has 1 heterocycles. The van der Waals surface area contributed by atoms with Crippen LogP contribution in [0.5, 0.6) is 0 Å². The number of hydrogen-bond acceptors (Lipinski definition) is 3. The highest BCUT2D eigenvalue weighted by atomic mass is 16.3. The lowest BCUT2D eigenvalue weighted by Gasteiger charge is -2.06. The summed E-state index contributed by atoms with van der Waals surface area (Å²) in [5.41, 5.74) is 0. The van der Waals surface area contributed by atoms with Crippen molar-refractivity contribution in [3.05, 3.63) is 18.2 Å². The number of imidazole rings is 1. The lowest BCUT2D eigenvalue weighted by Crippen LogP contribution is -2.20. The average Bonchev–Trinajstić information content (AvgIpc) is 2.57. The van der Waals surface area contributed by atoms with Crippen LogP contribution in [0.2, 0.25) is 0 Å². The largest absolute Gasteiger partial charge is 0.393 e. The molecule has 4 heteroatoms. The van der Waals surface area contributed by atoms with Crippen LogP contribution >= 0.6 is 0 Å². The summed E-state index contributed by atoms with van der Waals surface area (Å²) in [6, 6.07) is 0. The van der Waals surface area contributed by atoms with E-state index in [2.05, 4.69) is 10.3 Å². The molecule has 0 aliphatic heterocycles. The van der Waals surface area contributed by atoms with Gasteiger partial charge in [-0.15, -0.1) is 0 Å². The second-order valence-corrected chi connectivity index (χ2v) is 3.95. The molecule has 0 fully saturated rings. The van der Waals surface area contributed by atoms with Crippen molar-refractivity contribution in [2.75, 3.05) is 13.1 Å². The van der Waals surface area contributed by atoms with Gasteiger partial charge in [-0.2, -0.15) is 0 Å². The highest BCUT2D eigenvalue weighted by molar-refractivity contribution is 4.91. The van der Waals surface area contributed by atoms with E-state index in [1.165, 1.54) is 0 Å². The van der Waals surface area contributed by atoms with Crippen molar-refractivity contribution in [2.24, 2.45) is 7.05 Å². The van der Waals surface area contributed by atoms with E-state index in [4.69, 9.17) is 5.11 Å². The zero-order chi connectivity index (χ0) is 11.1. The molecule has 0 bridgehead atoms. The van der Waals surface area contributed by atoms with Crippen LogP contribution in [0.15, 0.2) is 12.4 Å². The molecule has 15 heavy (non-hydrogen) atoms. The Labute approximate surface area is 91.3 Å². The van der Waals surface area contributed by atoms with E-state index >= 15 is 0 Å². The number of nitrogens with one attached hydrogen (secondary N) is 1. The first kappa shape index (κ1) is 12.2. The van der Waals surface area contributed by atoms with Crippen molar-refractivity contribution in [1.29, 1.82) is 0 Å². The Morgan fingerprint density at radius 1 is 1.53 bits per heavy atom. The van der Waals surface area contributed by atoms with Gasteiger partial charge in [0.25, 0.3) is 0 Å². The van der Waals surface area contributed by atoms with Gasteiger partial charge in [-0.25, -0.2) is 4.98 Å². The summed E-state index contributed by atoms with van der Waals surface area (Å²) in [5, 5.41) is 12.4. The van der Waals surface area contributed by atoms with Crippen LogP contribution in [0.25, 0.3) is 0 Å². The Bertz CT molecular complexity index is 271. The molecule has 4 nitrogen and oxygen atoms in total. The first-order valence-electron chi connectivity index (χ1n) is 5.55. The summed E-state index contributed by atoms with van der Waals surface area (Å²) >= 11 is 0. The van der Waals surface area contributed by atoms with Crippen LogP contribution < -0.4 is 5.32 Å². The van der Waals surface area contributed by atoms with Gasteiger partial charge < -0.3 is 15.0 Å². The summed E-state index contributed by atoms with van der Waals surface area (Å²) in [6.07, 6.45) is 6.46. The van der Waals surface area contributed by atoms with Gasteiger partial charge in [0.05, 0.1) is 6.10 Å². The molecule has 0 saturated heterocycles. The standard InChI is InChI=1S/C11H21N3O/c1-10(15)4-3-6-12-7-5-11-13-8-9-14(11)2/h8-10,12,15H,3-7H2,1-2H3. The molecule has 0 amide bonds. The molecular formula is C11H21N3O. The number of aromatic nitrogens is 2. The van der Waals surface area contributed by atoms with Crippen LogP contribution in [0.3, 0.4) is 0 Å². The number of hydrogen-bond donors (Lipinski definition) is 2. The number of rotatable bonds is 7. The maximum Gasteiger partial charge on any atom is 0.109 e. The van der Waals surface area contributed by atoms with E-state index in [1.54, 1.807) is 0 Å². The predicted octanol–water partition coefficient (Wildman–Crippen LogP) is 0.713. The monoisotopic (exact) mass is 211 g/mol. The van der Waals surface area contributed by atoms with E-state index in [1.807, 2.05) is 30.9 Å². The molecular weight excluding hydrogens is 190 g/mol. The van der Waals surface area contributed by atoms with E-state index in [9.17, 15) is 0 Å². The summed E-state index contributed by atoms with van der Waals surface area (Å²) in [5.74, 6) is 1.11. The molecule has 0 radical (unpaired) electrons. The summed E-state index contributed by atoms with van der Waals surface area (Å²) in [6.45, 7) is 3.74. The van der Waals surface area contributed by atoms with Gasteiger partial charge in [-0.05, 0) is 26.3 Å². The second kappa shape index (κ2) is 6.58. The topological polar surface area (TPSA) is 50.1 Å². The first-order valence-corrected chi connectivity index (χ1v) is 5.55. The van der Waals surface area contributed by atoms with Crippen molar-refractivity contribution in [3.63, 3.8) is 0 Å². The Hall–Kier alpha value is -0.870. The molecule has 1 rings (SSSR count). The highest BCUT2D eigenvalue weighted by Gasteiger charge is 1.98. The maximum atomic E-state index is 9.05. The highest BCUT2D eigenvalue weighted by Crippen LogP contribution is 1.95.